The second kappa shape index (κ2) is 10.4. The van der Waals surface area contributed by atoms with E-state index in [9.17, 15) is 18.2 Å². The van der Waals surface area contributed by atoms with Crippen molar-refractivity contribution < 1.29 is 18.2 Å². The van der Waals surface area contributed by atoms with E-state index < -0.39 is 21.4 Å². The van der Waals surface area contributed by atoms with Gasteiger partial charge in [0.05, 0.1) is 15.2 Å². The molecule has 2 atom stereocenters. The van der Waals surface area contributed by atoms with Crippen LogP contribution >= 0.6 is 0 Å². The Morgan fingerprint density at radius 2 is 1.97 bits per heavy atom. The third kappa shape index (κ3) is 5.34. The molecule has 2 aliphatic heterocycles. The Morgan fingerprint density at radius 1 is 1.23 bits per heavy atom. The lowest BCUT2D eigenvalue weighted by molar-refractivity contribution is -0.137. The molecule has 9 heteroatoms. The van der Waals surface area contributed by atoms with Crippen LogP contribution in [0.3, 0.4) is 0 Å². The Bertz CT molecular complexity index is 1210. The summed E-state index contributed by atoms with van der Waals surface area (Å²) in [6.07, 6.45) is 6.08. The van der Waals surface area contributed by atoms with Gasteiger partial charge >= 0.3 is 0 Å². The molecule has 35 heavy (non-hydrogen) atoms. The molecular weight excluding hydrogens is 467 g/mol. The first-order valence-electron chi connectivity index (χ1n) is 12.1. The van der Waals surface area contributed by atoms with Crippen molar-refractivity contribution in [3.8, 4) is 0 Å². The van der Waals surface area contributed by atoms with Crippen molar-refractivity contribution in [2.45, 2.75) is 62.9 Å². The van der Waals surface area contributed by atoms with E-state index in [1.165, 1.54) is 23.3 Å². The van der Waals surface area contributed by atoms with Crippen LogP contribution in [-0.2, 0) is 25.5 Å². The Hall–Kier alpha value is -2.94. The smallest absolute Gasteiger partial charge is 0.245 e. The monoisotopic (exact) mass is 500 g/mol. The Morgan fingerprint density at radius 3 is 2.60 bits per heavy atom. The number of pyridine rings is 1. The number of amides is 1. The number of aromatic nitrogens is 1. The van der Waals surface area contributed by atoms with Gasteiger partial charge in [0.2, 0.25) is 11.5 Å². The van der Waals surface area contributed by atoms with Crippen LogP contribution in [0.2, 0.25) is 0 Å². The van der Waals surface area contributed by atoms with Crippen LogP contribution in [0.15, 0.2) is 35.4 Å². The zero-order valence-electron chi connectivity index (χ0n) is 20.3. The maximum absolute atomic E-state index is 14.7. The van der Waals surface area contributed by atoms with Gasteiger partial charge in [-0.1, -0.05) is 13.0 Å². The van der Waals surface area contributed by atoms with Gasteiger partial charge in [0, 0.05) is 36.8 Å². The molecule has 2 aromatic rings. The van der Waals surface area contributed by atoms with Gasteiger partial charge in [-0.3, -0.25) is 13.8 Å². The number of nitrogens with one attached hydrogen (secondary N) is 1. The van der Waals surface area contributed by atoms with Crippen molar-refractivity contribution in [3.63, 3.8) is 0 Å². The van der Waals surface area contributed by atoms with Crippen molar-refractivity contribution in [1.29, 1.82) is 0 Å². The summed E-state index contributed by atoms with van der Waals surface area (Å²) in [5, 5.41) is 3.03. The van der Waals surface area contributed by atoms with E-state index in [2.05, 4.69) is 41.0 Å². The number of benzene rings is 1. The molecule has 2 aliphatic rings. The molecule has 2 saturated heterocycles. The summed E-state index contributed by atoms with van der Waals surface area (Å²) in [6.45, 7) is 6.59. The van der Waals surface area contributed by atoms with Crippen LogP contribution in [0, 0.1) is 12.7 Å². The van der Waals surface area contributed by atoms with Gasteiger partial charge in [-0.25, -0.2) is 9.37 Å². The molecule has 0 aliphatic carbocycles. The Kier molecular flexibility index (Phi) is 7.44. The average molecular weight is 501 g/mol. The van der Waals surface area contributed by atoms with Gasteiger partial charge in [0.25, 0.3) is 0 Å². The predicted molar refractivity (Wildman–Crippen MR) is 139 cm³/mol. The fourth-order valence-electron chi connectivity index (χ4n) is 5.01. The van der Waals surface area contributed by atoms with Crippen LogP contribution in [0.25, 0.3) is 0 Å². The van der Waals surface area contributed by atoms with Gasteiger partial charge in [-0.2, -0.15) is 0 Å². The SMILES string of the molecule is C=S(=O)(C=O)c1ccc(NC2CCCN(C3CCN(c4ncc(CC)cc4C)CC3)C2=O)c(F)c1. The first-order valence-corrected chi connectivity index (χ1v) is 13.9. The number of piperidine rings is 2. The van der Waals surface area contributed by atoms with E-state index in [4.69, 9.17) is 0 Å². The highest BCUT2D eigenvalue weighted by Gasteiger charge is 2.35. The lowest BCUT2D eigenvalue weighted by atomic mass is 9.96. The maximum Gasteiger partial charge on any atom is 0.245 e. The van der Waals surface area contributed by atoms with Crippen molar-refractivity contribution in [1.82, 2.24) is 9.88 Å². The number of halogens is 1. The molecule has 0 bridgehead atoms. The maximum atomic E-state index is 14.7. The average Bonchev–Trinajstić information content (AvgIpc) is 2.86. The summed E-state index contributed by atoms with van der Waals surface area (Å²) >= 11 is 0. The number of anilines is 2. The zero-order valence-corrected chi connectivity index (χ0v) is 21.2. The summed E-state index contributed by atoms with van der Waals surface area (Å²) in [5.41, 5.74) is 2.80. The molecule has 7 nitrogen and oxygen atoms in total. The molecule has 2 fully saturated rings. The van der Waals surface area contributed by atoms with Crippen molar-refractivity contribution >= 4 is 38.4 Å². The van der Waals surface area contributed by atoms with Crippen molar-refractivity contribution in [2.24, 2.45) is 0 Å². The van der Waals surface area contributed by atoms with Gasteiger partial charge in [0.15, 0.2) is 0 Å². The largest absolute Gasteiger partial charge is 0.371 e. The highest BCUT2D eigenvalue weighted by Crippen LogP contribution is 2.28. The molecule has 0 spiro atoms. The lowest BCUT2D eigenvalue weighted by Crippen LogP contribution is -2.54. The Balaban J connectivity index is 1.40. The third-order valence-corrected chi connectivity index (χ3v) is 8.38. The number of hydrogen-bond donors (Lipinski definition) is 1. The number of aryl methyl sites for hydroxylation is 2. The minimum atomic E-state index is -3.17. The summed E-state index contributed by atoms with van der Waals surface area (Å²) in [6, 6.07) is 5.70. The van der Waals surface area contributed by atoms with Crippen LogP contribution in [0.5, 0.6) is 0 Å². The molecule has 4 rings (SSSR count). The van der Waals surface area contributed by atoms with Crippen molar-refractivity contribution in [2.75, 3.05) is 29.9 Å². The van der Waals surface area contributed by atoms with Crippen molar-refractivity contribution in [3.05, 3.63) is 47.4 Å². The van der Waals surface area contributed by atoms with Gasteiger partial charge < -0.3 is 15.1 Å². The van der Waals surface area contributed by atoms with Gasteiger partial charge in [0.1, 0.15) is 17.7 Å². The molecule has 1 aromatic heterocycles. The highest BCUT2D eigenvalue weighted by atomic mass is 32.2. The molecule has 3 heterocycles. The molecule has 0 radical (unpaired) electrons. The molecule has 0 saturated carbocycles. The number of rotatable bonds is 7. The minimum absolute atomic E-state index is 0.0198. The number of carbonyl (C=O) groups is 2. The quantitative estimate of drug-likeness (QED) is 0.463. The molecular formula is C26H33FN4O3S. The minimum Gasteiger partial charge on any atom is -0.371 e. The summed E-state index contributed by atoms with van der Waals surface area (Å²) in [7, 11) is -3.17. The van der Waals surface area contributed by atoms with Crippen LogP contribution < -0.4 is 10.2 Å². The number of hydrogen-bond acceptors (Lipinski definition) is 6. The van der Waals surface area contributed by atoms with Crippen LogP contribution in [-0.4, -0.2) is 63.2 Å². The summed E-state index contributed by atoms with van der Waals surface area (Å²) < 4.78 is 26.8. The summed E-state index contributed by atoms with van der Waals surface area (Å²) in [4.78, 5) is 33.2. The van der Waals surface area contributed by atoms with E-state index in [1.807, 2.05) is 11.1 Å². The van der Waals surface area contributed by atoms with E-state index in [0.29, 0.717) is 13.0 Å². The zero-order chi connectivity index (χ0) is 25.2. The topological polar surface area (TPSA) is 82.6 Å². The predicted octanol–water partition coefficient (Wildman–Crippen LogP) is 3.43. The number of nitrogens with zero attached hydrogens (tertiary/aromatic N) is 3. The van der Waals surface area contributed by atoms with Gasteiger partial charge in [-0.15, -0.1) is 0 Å². The normalized spacial score (nSPS) is 21.0. The Labute approximate surface area is 206 Å². The molecule has 1 aromatic carbocycles. The first-order chi connectivity index (χ1) is 16.7. The van der Waals surface area contributed by atoms with Crippen LogP contribution in [0.4, 0.5) is 15.9 Å². The standard InChI is InChI=1S/C26H33FN4O3S/c1-4-19-14-18(2)25(28-16-19)30-12-9-20(10-13-30)31-11-5-6-24(26(31)33)29-23-8-7-21(15-22(23)27)35(3,34)17-32/h7-8,14-17,20,24,29H,3-6,9-13H2,1-2H3. The van der Waals surface area contributed by atoms with E-state index in [0.717, 1.165) is 50.7 Å². The van der Waals surface area contributed by atoms with E-state index in [-0.39, 0.29) is 28.2 Å². The molecule has 188 valence electrons. The van der Waals surface area contributed by atoms with E-state index in [1.54, 1.807) is 0 Å². The molecule has 2 unspecified atom stereocenters. The highest BCUT2D eigenvalue weighted by molar-refractivity contribution is 8.12. The second-order valence-electron chi connectivity index (χ2n) is 9.39. The molecule has 1 N–H and O–H groups in total. The number of likely N-dealkylation sites (tertiary alicyclic amines) is 1. The van der Waals surface area contributed by atoms with Crippen LogP contribution in [0.1, 0.15) is 43.7 Å². The fraction of sp³-hybridized carbons (Fsp3) is 0.462. The summed E-state index contributed by atoms with van der Waals surface area (Å²) in [5.74, 6) is 3.70. The van der Waals surface area contributed by atoms with Gasteiger partial charge in [-0.05, 0) is 74.2 Å². The third-order valence-electron chi connectivity index (χ3n) is 7.02. The second-order valence-corrected chi connectivity index (χ2v) is 11.5. The lowest BCUT2D eigenvalue weighted by Gasteiger charge is -2.43. The fourth-order valence-corrected chi connectivity index (χ4v) is 5.72. The number of carbonyl (C=O) groups excluding carboxylic acids is 2. The molecule has 1 amide bonds. The van der Waals surface area contributed by atoms with E-state index >= 15 is 0 Å². The first kappa shape index (κ1) is 25.2.